The van der Waals surface area contributed by atoms with Crippen LogP contribution in [0, 0.1) is 5.92 Å². The van der Waals surface area contributed by atoms with Gasteiger partial charge in [0.25, 0.3) is 0 Å². The summed E-state index contributed by atoms with van der Waals surface area (Å²) in [4.78, 5) is 24.3. The van der Waals surface area contributed by atoms with Crippen LogP contribution in [0.4, 0.5) is 4.79 Å². The molecule has 158 valence electrons. The van der Waals surface area contributed by atoms with Crippen LogP contribution in [-0.2, 0) is 9.53 Å². The number of hydrogen-bond acceptors (Lipinski definition) is 4. The lowest BCUT2D eigenvalue weighted by Crippen LogP contribution is -2.55. The van der Waals surface area contributed by atoms with E-state index in [1.807, 2.05) is 36.4 Å². The first-order chi connectivity index (χ1) is 14.4. The van der Waals surface area contributed by atoms with Gasteiger partial charge in [-0.05, 0) is 42.0 Å². The quantitative estimate of drug-likeness (QED) is 0.696. The number of amides is 1. The maximum Gasteiger partial charge on any atom is 0.407 e. The number of hydrogen-bond donors (Lipinski definition) is 3. The fraction of sp³-hybridized carbons (Fsp3) is 0.417. The molecule has 0 bridgehead atoms. The summed E-state index contributed by atoms with van der Waals surface area (Å²) in [5.41, 5.74) is 3.32. The zero-order valence-corrected chi connectivity index (χ0v) is 17.0. The van der Waals surface area contributed by atoms with Crippen LogP contribution >= 0.6 is 0 Å². The van der Waals surface area contributed by atoms with Gasteiger partial charge in [-0.15, -0.1) is 0 Å². The van der Waals surface area contributed by atoms with Gasteiger partial charge in [0, 0.05) is 11.8 Å². The maximum atomic E-state index is 12.5. The molecular weight excluding hydrogens is 382 g/mol. The van der Waals surface area contributed by atoms with E-state index in [9.17, 15) is 19.8 Å². The van der Waals surface area contributed by atoms with Crippen LogP contribution in [0.3, 0.4) is 0 Å². The highest BCUT2D eigenvalue weighted by Crippen LogP contribution is 2.44. The first-order valence-electron chi connectivity index (χ1n) is 10.4. The lowest BCUT2D eigenvalue weighted by molar-refractivity contribution is -0.146. The van der Waals surface area contributed by atoms with Crippen LogP contribution in [0.2, 0.25) is 0 Å². The van der Waals surface area contributed by atoms with Crippen molar-refractivity contribution in [2.45, 2.75) is 50.2 Å². The molecule has 0 saturated heterocycles. The van der Waals surface area contributed by atoms with E-state index in [4.69, 9.17) is 4.74 Å². The van der Waals surface area contributed by atoms with Crippen LogP contribution in [0.15, 0.2) is 48.5 Å². The van der Waals surface area contributed by atoms with E-state index in [-0.39, 0.29) is 12.5 Å². The topological polar surface area (TPSA) is 95.9 Å². The molecule has 3 N–H and O–H groups in total. The smallest absolute Gasteiger partial charge is 0.407 e. The Balaban J connectivity index is 1.46. The molecule has 0 spiro atoms. The molecule has 1 amide bonds. The predicted molar refractivity (Wildman–Crippen MR) is 112 cm³/mol. The third-order valence-electron chi connectivity index (χ3n) is 6.53. The molecule has 4 rings (SSSR count). The highest BCUT2D eigenvalue weighted by Gasteiger charge is 2.43. The van der Waals surface area contributed by atoms with Crippen molar-refractivity contribution in [2.24, 2.45) is 5.92 Å². The van der Waals surface area contributed by atoms with Crippen molar-refractivity contribution in [3.63, 3.8) is 0 Å². The van der Waals surface area contributed by atoms with Gasteiger partial charge in [0.2, 0.25) is 0 Å². The number of benzene rings is 2. The zero-order chi connectivity index (χ0) is 21.3. The largest absolute Gasteiger partial charge is 0.480 e. The number of aliphatic hydroxyl groups is 1. The van der Waals surface area contributed by atoms with E-state index < -0.39 is 29.6 Å². The molecule has 1 saturated carbocycles. The van der Waals surface area contributed by atoms with Gasteiger partial charge in [-0.1, -0.05) is 61.4 Å². The third-order valence-corrected chi connectivity index (χ3v) is 6.53. The van der Waals surface area contributed by atoms with Crippen molar-refractivity contribution in [3.8, 4) is 11.1 Å². The molecule has 6 heteroatoms. The first kappa shape index (κ1) is 20.4. The molecule has 0 aromatic heterocycles. The van der Waals surface area contributed by atoms with Crippen molar-refractivity contribution in [3.05, 3.63) is 59.7 Å². The van der Waals surface area contributed by atoms with Crippen molar-refractivity contribution in [1.82, 2.24) is 5.32 Å². The Morgan fingerprint density at radius 3 is 2.27 bits per heavy atom. The number of aliphatic carboxylic acids is 1. The first-order valence-corrected chi connectivity index (χ1v) is 10.4. The fourth-order valence-corrected chi connectivity index (χ4v) is 4.97. The Bertz CT molecular complexity index is 909. The van der Waals surface area contributed by atoms with E-state index in [1.54, 1.807) is 6.92 Å². The van der Waals surface area contributed by atoms with Crippen molar-refractivity contribution >= 4 is 12.1 Å². The molecule has 3 atom stereocenters. The summed E-state index contributed by atoms with van der Waals surface area (Å²) in [6, 6.07) is 14.9. The van der Waals surface area contributed by atoms with Crippen LogP contribution in [0.25, 0.3) is 11.1 Å². The highest BCUT2D eigenvalue weighted by atomic mass is 16.5. The number of carbonyl (C=O) groups is 2. The maximum absolute atomic E-state index is 12.5. The lowest BCUT2D eigenvalue weighted by Gasteiger charge is -2.40. The number of carbonyl (C=O) groups excluding carboxylic acids is 1. The number of alkyl carbamates (subject to hydrolysis) is 1. The van der Waals surface area contributed by atoms with Gasteiger partial charge >= 0.3 is 12.1 Å². The van der Waals surface area contributed by atoms with Crippen LogP contribution in [-0.4, -0.2) is 40.5 Å². The minimum Gasteiger partial charge on any atom is -0.480 e. The van der Waals surface area contributed by atoms with Gasteiger partial charge in [-0.2, -0.15) is 0 Å². The number of nitrogens with one attached hydrogen (secondary N) is 1. The second-order valence-corrected chi connectivity index (χ2v) is 8.50. The number of rotatable bonds is 5. The SMILES string of the molecule is CC1(O)CCCCC1C(NC(=O)OCC1c2ccccc2-c2ccccc21)C(=O)O. The molecule has 0 heterocycles. The standard InChI is InChI=1S/C24H27NO5/c1-24(29)13-7-6-12-20(24)21(22(26)27)25-23(28)30-14-19-17-10-4-2-8-15(17)16-9-3-5-11-18(16)19/h2-5,8-11,19-21,29H,6-7,12-14H2,1H3,(H,25,28)(H,26,27). The summed E-state index contributed by atoms with van der Waals surface area (Å²) in [6.45, 7) is 1.76. The van der Waals surface area contributed by atoms with Crippen molar-refractivity contribution in [1.29, 1.82) is 0 Å². The molecule has 30 heavy (non-hydrogen) atoms. The second kappa shape index (κ2) is 8.11. The Kier molecular flexibility index (Phi) is 5.52. The molecule has 2 aromatic carbocycles. The Morgan fingerprint density at radius 1 is 1.10 bits per heavy atom. The molecule has 0 aliphatic heterocycles. The average Bonchev–Trinajstić information content (AvgIpc) is 3.04. The van der Waals surface area contributed by atoms with Crippen molar-refractivity contribution < 1.29 is 24.5 Å². The Hall–Kier alpha value is -2.86. The lowest BCUT2D eigenvalue weighted by atomic mass is 9.73. The molecule has 6 nitrogen and oxygen atoms in total. The van der Waals surface area contributed by atoms with Crippen LogP contribution in [0.1, 0.15) is 49.7 Å². The fourth-order valence-electron chi connectivity index (χ4n) is 4.97. The Morgan fingerprint density at radius 2 is 1.70 bits per heavy atom. The van der Waals surface area contributed by atoms with E-state index >= 15 is 0 Å². The second-order valence-electron chi connectivity index (χ2n) is 8.50. The van der Waals surface area contributed by atoms with E-state index in [0.29, 0.717) is 12.8 Å². The van der Waals surface area contributed by atoms with Gasteiger partial charge in [0.15, 0.2) is 0 Å². The summed E-state index contributed by atoms with van der Waals surface area (Å²) in [6.07, 6.45) is 1.98. The van der Waals surface area contributed by atoms with Gasteiger partial charge < -0.3 is 20.3 Å². The molecule has 2 aliphatic carbocycles. The molecule has 1 fully saturated rings. The van der Waals surface area contributed by atoms with Crippen molar-refractivity contribution in [2.75, 3.05) is 6.61 Å². The molecule has 3 unspecified atom stereocenters. The number of carboxylic acid groups (broad SMARTS) is 1. The van der Waals surface area contributed by atoms with Gasteiger partial charge in [0.1, 0.15) is 12.6 Å². The third kappa shape index (κ3) is 3.79. The monoisotopic (exact) mass is 409 g/mol. The summed E-state index contributed by atoms with van der Waals surface area (Å²) >= 11 is 0. The average molecular weight is 409 g/mol. The summed E-state index contributed by atoms with van der Waals surface area (Å²) in [7, 11) is 0. The molecule has 2 aliphatic rings. The molecule has 2 aromatic rings. The van der Waals surface area contributed by atoms with Crippen LogP contribution < -0.4 is 5.32 Å². The molecular formula is C24H27NO5. The normalized spacial score (nSPS) is 23.9. The number of fused-ring (bicyclic) bond motifs is 3. The summed E-state index contributed by atoms with van der Waals surface area (Å²) in [5.74, 6) is -1.80. The van der Waals surface area contributed by atoms with Gasteiger partial charge in [-0.3, -0.25) is 0 Å². The highest BCUT2D eigenvalue weighted by molar-refractivity contribution is 5.81. The number of ether oxygens (including phenoxy) is 1. The summed E-state index contributed by atoms with van der Waals surface area (Å²) in [5, 5.41) is 22.8. The minimum absolute atomic E-state index is 0.0933. The Labute approximate surface area is 175 Å². The number of carboxylic acids is 1. The predicted octanol–water partition coefficient (Wildman–Crippen LogP) is 3.92. The molecule has 0 radical (unpaired) electrons. The van der Waals surface area contributed by atoms with E-state index in [2.05, 4.69) is 17.4 Å². The van der Waals surface area contributed by atoms with Gasteiger partial charge in [-0.25, -0.2) is 9.59 Å². The van der Waals surface area contributed by atoms with Gasteiger partial charge in [0.05, 0.1) is 5.60 Å². The zero-order valence-electron chi connectivity index (χ0n) is 17.0. The minimum atomic E-state index is -1.18. The van der Waals surface area contributed by atoms with E-state index in [0.717, 1.165) is 35.1 Å². The van der Waals surface area contributed by atoms with E-state index in [1.165, 1.54) is 0 Å². The summed E-state index contributed by atoms with van der Waals surface area (Å²) < 4.78 is 5.48. The van der Waals surface area contributed by atoms with Crippen LogP contribution in [0.5, 0.6) is 0 Å².